The van der Waals surface area contributed by atoms with E-state index < -0.39 is 0 Å². The van der Waals surface area contributed by atoms with Gasteiger partial charge in [-0.25, -0.2) is 0 Å². The zero-order valence-electron chi connectivity index (χ0n) is 7.14. The summed E-state index contributed by atoms with van der Waals surface area (Å²) in [6.07, 6.45) is 3.10. The van der Waals surface area contributed by atoms with Crippen molar-refractivity contribution in [2.75, 3.05) is 20.8 Å². The highest BCUT2D eigenvalue weighted by molar-refractivity contribution is 5.83. The molecule has 1 aliphatic rings. The molecule has 0 atom stereocenters. The van der Waals surface area contributed by atoms with Crippen molar-refractivity contribution in [3.8, 4) is 0 Å². The molecule has 1 N–H and O–H groups in total. The number of rotatable bonds is 3. The molecule has 0 aromatic heterocycles. The van der Waals surface area contributed by atoms with E-state index in [0.717, 1.165) is 19.3 Å². The summed E-state index contributed by atoms with van der Waals surface area (Å²) in [5.41, 5.74) is -0.191. The van der Waals surface area contributed by atoms with Gasteiger partial charge in [-0.15, -0.1) is 0 Å². The highest BCUT2D eigenvalue weighted by Gasteiger charge is 2.43. The predicted molar refractivity (Wildman–Crippen MR) is 42.2 cm³/mol. The molecule has 11 heavy (non-hydrogen) atoms. The van der Waals surface area contributed by atoms with Crippen molar-refractivity contribution in [1.82, 2.24) is 5.32 Å². The second kappa shape index (κ2) is 3.22. The first-order chi connectivity index (χ1) is 5.25. The Balaban J connectivity index is 2.52. The van der Waals surface area contributed by atoms with Crippen LogP contribution in [0.2, 0.25) is 0 Å². The average molecular weight is 157 g/mol. The lowest BCUT2D eigenvalue weighted by Crippen LogP contribution is -2.47. The molecule has 0 spiro atoms. The SMILES string of the molecule is CNC(=O)C1(COC)CCC1. The molecule has 0 bridgehead atoms. The third-order valence-electron chi connectivity index (χ3n) is 2.44. The lowest BCUT2D eigenvalue weighted by atomic mass is 9.68. The molecule has 1 rings (SSSR count). The van der Waals surface area contributed by atoms with Gasteiger partial charge in [-0.3, -0.25) is 4.79 Å². The second-order valence-corrected chi connectivity index (χ2v) is 3.15. The van der Waals surface area contributed by atoms with Crippen LogP contribution in [0.25, 0.3) is 0 Å². The number of nitrogens with one attached hydrogen (secondary N) is 1. The maximum atomic E-state index is 11.3. The second-order valence-electron chi connectivity index (χ2n) is 3.15. The fourth-order valence-electron chi connectivity index (χ4n) is 1.58. The molecule has 0 radical (unpaired) electrons. The Kier molecular flexibility index (Phi) is 2.49. The Morgan fingerprint density at radius 1 is 1.64 bits per heavy atom. The van der Waals surface area contributed by atoms with E-state index in [9.17, 15) is 4.79 Å². The summed E-state index contributed by atoms with van der Waals surface area (Å²) in [7, 11) is 3.32. The van der Waals surface area contributed by atoms with Gasteiger partial charge in [0.15, 0.2) is 0 Å². The Labute approximate surface area is 67.1 Å². The van der Waals surface area contributed by atoms with Crippen LogP contribution in [-0.2, 0) is 9.53 Å². The van der Waals surface area contributed by atoms with Gasteiger partial charge in [0.25, 0.3) is 0 Å². The average Bonchev–Trinajstić information content (AvgIpc) is 1.95. The number of carbonyl (C=O) groups excluding carboxylic acids is 1. The smallest absolute Gasteiger partial charge is 0.228 e. The van der Waals surface area contributed by atoms with E-state index in [1.54, 1.807) is 14.2 Å². The van der Waals surface area contributed by atoms with Crippen LogP contribution in [0.1, 0.15) is 19.3 Å². The third-order valence-corrected chi connectivity index (χ3v) is 2.44. The summed E-state index contributed by atoms with van der Waals surface area (Å²) in [4.78, 5) is 11.3. The molecule has 64 valence electrons. The summed E-state index contributed by atoms with van der Waals surface area (Å²) >= 11 is 0. The van der Waals surface area contributed by atoms with Gasteiger partial charge in [0.05, 0.1) is 12.0 Å². The third kappa shape index (κ3) is 1.38. The first kappa shape index (κ1) is 8.53. The summed E-state index contributed by atoms with van der Waals surface area (Å²) in [6.45, 7) is 0.562. The van der Waals surface area contributed by atoms with E-state index in [1.165, 1.54) is 0 Å². The van der Waals surface area contributed by atoms with Crippen LogP contribution in [-0.4, -0.2) is 26.7 Å². The summed E-state index contributed by atoms with van der Waals surface area (Å²) in [6, 6.07) is 0. The molecule has 1 saturated carbocycles. The maximum absolute atomic E-state index is 11.3. The number of ether oxygens (including phenoxy) is 1. The topological polar surface area (TPSA) is 38.3 Å². The van der Waals surface area contributed by atoms with Crippen molar-refractivity contribution >= 4 is 5.91 Å². The fraction of sp³-hybridized carbons (Fsp3) is 0.875. The molecule has 0 unspecified atom stereocenters. The van der Waals surface area contributed by atoms with Gasteiger partial charge in [-0.2, -0.15) is 0 Å². The van der Waals surface area contributed by atoms with Gasteiger partial charge in [-0.05, 0) is 12.8 Å². The molecule has 0 aromatic carbocycles. The van der Waals surface area contributed by atoms with E-state index in [-0.39, 0.29) is 11.3 Å². The monoisotopic (exact) mass is 157 g/mol. The minimum absolute atomic E-state index is 0.130. The highest BCUT2D eigenvalue weighted by atomic mass is 16.5. The minimum Gasteiger partial charge on any atom is -0.384 e. The van der Waals surface area contributed by atoms with Crippen LogP contribution in [0.5, 0.6) is 0 Å². The number of carbonyl (C=O) groups is 1. The summed E-state index contributed by atoms with van der Waals surface area (Å²) in [5.74, 6) is 0.130. The van der Waals surface area contributed by atoms with E-state index in [1.807, 2.05) is 0 Å². The van der Waals surface area contributed by atoms with Crippen molar-refractivity contribution in [3.63, 3.8) is 0 Å². The molecule has 0 heterocycles. The van der Waals surface area contributed by atoms with Crippen LogP contribution >= 0.6 is 0 Å². The van der Waals surface area contributed by atoms with Gasteiger partial charge in [0, 0.05) is 14.2 Å². The lowest BCUT2D eigenvalue weighted by Gasteiger charge is -2.38. The van der Waals surface area contributed by atoms with Crippen LogP contribution in [0, 0.1) is 5.41 Å². The lowest BCUT2D eigenvalue weighted by molar-refractivity contribution is -0.139. The van der Waals surface area contributed by atoms with E-state index in [0.29, 0.717) is 6.61 Å². The van der Waals surface area contributed by atoms with Crippen LogP contribution in [0.15, 0.2) is 0 Å². The standard InChI is InChI=1S/C8H15NO2/c1-9-7(10)8(6-11-2)4-3-5-8/h3-6H2,1-2H3,(H,9,10). The van der Waals surface area contributed by atoms with Gasteiger partial charge in [0.2, 0.25) is 5.91 Å². The molecule has 1 amide bonds. The summed E-state index contributed by atoms with van der Waals surface area (Å²) < 4.78 is 5.01. The Hall–Kier alpha value is -0.570. The van der Waals surface area contributed by atoms with Crippen LogP contribution in [0.3, 0.4) is 0 Å². The molecule has 0 aromatic rings. The van der Waals surface area contributed by atoms with Gasteiger partial charge in [-0.1, -0.05) is 6.42 Å². The molecule has 3 heteroatoms. The van der Waals surface area contributed by atoms with Gasteiger partial charge in [0.1, 0.15) is 0 Å². The van der Waals surface area contributed by atoms with Crippen LogP contribution < -0.4 is 5.32 Å². The number of hydrogen-bond donors (Lipinski definition) is 1. The van der Waals surface area contributed by atoms with Crippen molar-refractivity contribution in [3.05, 3.63) is 0 Å². The maximum Gasteiger partial charge on any atom is 0.228 e. The summed E-state index contributed by atoms with van der Waals surface area (Å²) in [5, 5.41) is 2.67. The zero-order chi connectivity index (χ0) is 8.32. The minimum atomic E-state index is -0.191. The van der Waals surface area contributed by atoms with Crippen molar-refractivity contribution in [1.29, 1.82) is 0 Å². The molecule has 1 fully saturated rings. The predicted octanol–water partition coefficient (Wildman–Crippen LogP) is 0.549. The molecule has 3 nitrogen and oxygen atoms in total. The number of amides is 1. The van der Waals surface area contributed by atoms with Gasteiger partial charge >= 0.3 is 0 Å². The van der Waals surface area contributed by atoms with E-state index in [4.69, 9.17) is 4.74 Å². The number of methoxy groups -OCH3 is 1. The first-order valence-corrected chi connectivity index (χ1v) is 3.96. The highest BCUT2D eigenvalue weighted by Crippen LogP contribution is 2.41. The quantitative estimate of drug-likeness (QED) is 0.649. The molecular formula is C8H15NO2. The normalized spacial score (nSPS) is 20.5. The Morgan fingerprint density at radius 3 is 2.55 bits per heavy atom. The first-order valence-electron chi connectivity index (χ1n) is 3.96. The largest absolute Gasteiger partial charge is 0.384 e. The fourth-order valence-corrected chi connectivity index (χ4v) is 1.58. The Bertz CT molecular complexity index is 152. The van der Waals surface area contributed by atoms with E-state index >= 15 is 0 Å². The van der Waals surface area contributed by atoms with E-state index in [2.05, 4.69) is 5.32 Å². The molecule has 1 aliphatic carbocycles. The van der Waals surface area contributed by atoms with Crippen molar-refractivity contribution < 1.29 is 9.53 Å². The van der Waals surface area contributed by atoms with Crippen LogP contribution in [0.4, 0.5) is 0 Å². The molecular weight excluding hydrogens is 142 g/mol. The van der Waals surface area contributed by atoms with Crippen molar-refractivity contribution in [2.24, 2.45) is 5.41 Å². The molecule has 0 aliphatic heterocycles. The van der Waals surface area contributed by atoms with Crippen molar-refractivity contribution in [2.45, 2.75) is 19.3 Å². The Morgan fingerprint density at radius 2 is 2.27 bits per heavy atom. The number of hydrogen-bond acceptors (Lipinski definition) is 2. The zero-order valence-corrected chi connectivity index (χ0v) is 7.14. The molecule has 0 saturated heterocycles. The van der Waals surface area contributed by atoms with Gasteiger partial charge < -0.3 is 10.1 Å².